The van der Waals surface area contributed by atoms with E-state index in [-0.39, 0.29) is 10.6 Å². The summed E-state index contributed by atoms with van der Waals surface area (Å²) >= 11 is 0. The van der Waals surface area contributed by atoms with Crippen molar-refractivity contribution < 1.29 is 26.2 Å². The number of nitrogens with zero attached hydrogens (tertiary/aromatic N) is 1. The first-order valence-electron chi connectivity index (χ1n) is 6.20. The summed E-state index contributed by atoms with van der Waals surface area (Å²) in [6, 6.07) is 13.9. The van der Waals surface area contributed by atoms with Gasteiger partial charge < -0.3 is 0 Å². The van der Waals surface area contributed by atoms with Crippen LogP contribution in [-0.4, -0.2) is 25.9 Å². The van der Waals surface area contributed by atoms with Crippen LogP contribution in [0.4, 0.5) is 13.2 Å². The van der Waals surface area contributed by atoms with Gasteiger partial charge in [-0.3, -0.25) is 4.57 Å². The lowest BCUT2D eigenvalue weighted by molar-refractivity contribution is -0.0456. The predicted octanol–water partition coefficient (Wildman–Crippen LogP) is 2.15. The fourth-order valence-electron chi connectivity index (χ4n) is 1.89. The van der Waals surface area contributed by atoms with Gasteiger partial charge >= 0.3 is 15.5 Å². The molecule has 2 rings (SSSR count). The van der Waals surface area contributed by atoms with Gasteiger partial charge in [0.25, 0.3) is 0 Å². The SMILES string of the molecule is [B]N(P(=O)(c1ccccc1)c1ccccc1)S(=O)(=O)C(F)(F)F. The van der Waals surface area contributed by atoms with E-state index < -0.39 is 26.8 Å². The minimum Gasteiger partial charge on any atom is -0.296 e. The zero-order valence-electron chi connectivity index (χ0n) is 11.5. The molecule has 0 aliphatic rings. The molecule has 0 aliphatic carbocycles. The van der Waals surface area contributed by atoms with Gasteiger partial charge in [0.15, 0.2) is 0 Å². The molecule has 0 heterocycles. The van der Waals surface area contributed by atoms with Gasteiger partial charge in [0.05, 0.1) is 0 Å². The number of rotatable bonds is 4. The first-order chi connectivity index (χ1) is 10.6. The Kier molecular flexibility index (Phi) is 4.75. The summed E-state index contributed by atoms with van der Waals surface area (Å²) < 4.78 is 74.5. The lowest BCUT2D eigenvalue weighted by atomic mass is 10.4. The second-order valence-corrected chi connectivity index (χ2v) is 9.16. The van der Waals surface area contributed by atoms with Crippen molar-refractivity contribution in [1.82, 2.24) is 3.99 Å². The summed E-state index contributed by atoms with van der Waals surface area (Å²) in [6.45, 7) is 0. The second-order valence-electron chi connectivity index (χ2n) is 4.47. The van der Waals surface area contributed by atoms with Crippen LogP contribution in [0.15, 0.2) is 60.7 Å². The number of hydrogen-bond donors (Lipinski definition) is 0. The topological polar surface area (TPSA) is 54.5 Å². The molecule has 0 amide bonds. The molecule has 0 aliphatic heterocycles. The molecular weight excluding hydrogens is 349 g/mol. The zero-order chi connectivity index (χ0) is 17.3. The maximum absolute atomic E-state index is 13.3. The van der Waals surface area contributed by atoms with Gasteiger partial charge in [-0.05, 0) is 24.3 Å². The van der Waals surface area contributed by atoms with Crippen molar-refractivity contribution in [3.05, 3.63) is 60.7 Å². The van der Waals surface area contributed by atoms with E-state index in [4.69, 9.17) is 7.98 Å². The molecule has 0 spiro atoms. The Balaban J connectivity index is 2.73. The maximum Gasteiger partial charge on any atom is 0.511 e. The highest BCUT2D eigenvalue weighted by atomic mass is 32.2. The summed E-state index contributed by atoms with van der Waals surface area (Å²) in [5, 5.41) is -0.247. The molecule has 0 N–H and O–H groups in total. The molecule has 2 aromatic carbocycles. The Morgan fingerprint density at radius 1 is 0.870 bits per heavy atom. The van der Waals surface area contributed by atoms with E-state index in [9.17, 15) is 26.2 Å². The third-order valence-electron chi connectivity index (χ3n) is 3.03. The van der Waals surface area contributed by atoms with Gasteiger partial charge in [0.1, 0.15) is 0 Å². The number of halogens is 3. The molecule has 23 heavy (non-hydrogen) atoms. The van der Waals surface area contributed by atoms with Gasteiger partial charge in [0, 0.05) is 10.6 Å². The molecule has 0 saturated heterocycles. The fourth-order valence-corrected chi connectivity index (χ4v) is 6.07. The molecule has 0 unspecified atom stereocenters. The molecule has 2 aromatic rings. The van der Waals surface area contributed by atoms with Crippen LogP contribution in [0.1, 0.15) is 0 Å². The average molecular weight is 359 g/mol. The summed E-state index contributed by atoms with van der Waals surface area (Å²) in [5.41, 5.74) is -5.67. The average Bonchev–Trinajstić information content (AvgIpc) is 2.54. The predicted molar refractivity (Wildman–Crippen MR) is 82.3 cm³/mol. The van der Waals surface area contributed by atoms with Crippen molar-refractivity contribution in [2.75, 3.05) is 0 Å². The van der Waals surface area contributed by atoms with Crippen LogP contribution < -0.4 is 10.6 Å². The molecule has 0 atom stereocenters. The maximum atomic E-state index is 13.3. The first-order valence-corrected chi connectivity index (χ1v) is 9.30. The van der Waals surface area contributed by atoms with Crippen molar-refractivity contribution >= 4 is 35.9 Å². The molecule has 2 radical (unpaired) electrons. The molecular formula is C13H10BF3NO3PS. The highest BCUT2D eigenvalue weighted by Crippen LogP contribution is 2.50. The fraction of sp³-hybridized carbons (Fsp3) is 0.0769. The zero-order valence-corrected chi connectivity index (χ0v) is 13.2. The van der Waals surface area contributed by atoms with Gasteiger partial charge in [0.2, 0.25) is 15.3 Å². The number of hydrogen-bond acceptors (Lipinski definition) is 3. The Bertz CT molecular complexity index is 785. The van der Waals surface area contributed by atoms with Crippen LogP contribution in [0.25, 0.3) is 0 Å². The van der Waals surface area contributed by atoms with E-state index in [1.54, 1.807) is 12.1 Å². The Hall–Kier alpha value is -1.57. The van der Waals surface area contributed by atoms with E-state index in [2.05, 4.69) is 0 Å². The molecule has 120 valence electrons. The van der Waals surface area contributed by atoms with Crippen LogP contribution in [0.3, 0.4) is 0 Å². The first kappa shape index (κ1) is 17.8. The number of sulfonamides is 1. The third kappa shape index (κ3) is 3.09. The largest absolute Gasteiger partial charge is 0.511 e. The van der Waals surface area contributed by atoms with Gasteiger partial charge in [-0.1, -0.05) is 36.4 Å². The van der Waals surface area contributed by atoms with Gasteiger partial charge in [-0.15, -0.1) is 0 Å². The van der Waals surface area contributed by atoms with E-state index in [1.165, 1.54) is 48.5 Å². The van der Waals surface area contributed by atoms with Crippen LogP contribution in [0.2, 0.25) is 0 Å². The van der Waals surface area contributed by atoms with Crippen molar-refractivity contribution in [3.8, 4) is 0 Å². The summed E-state index contributed by atoms with van der Waals surface area (Å²) in [4.78, 5) is 0. The van der Waals surface area contributed by atoms with E-state index in [0.29, 0.717) is 0 Å². The number of benzene rings is 2. The minimum absolute atomic E-state index is 0.124. The molecule has 0 saturated carbocycles. The molecule has 0 fully saturated rings. The normalized spacial score (nSPS) is 13.2. The Morgan fingerprint density at radius 2 is 1.22 bits per heavy atom. The van der Waals surface area contributed by atoms with Crippen LogP contribution >= 0.6 is 7.29 Å². The Labute approximate surface area is 132 Å². The highest BCUT2D eigenvalue weighted by Gasteiger charge is 2.53. The molecule has 0 bridgehead atoms. The minimum atomic E-state index is -5.98. The molecule has 0 aromatic heterocycles. The van der Waals surface area contributed by atoms with Crippen molar-refractivity contribution in [1.29, 1.82) is 0 Å². The van der Waals surface area contributed by atoms with E-state index >= 15 is 0 Å². The highest BCUT2D eigenvalue weighted by molar-refractivity contribution is 8.00. The van der Waals surface area contributed by atoms with E-state index in [1.807, 2.05) is 0 Å². The summed E-state index contributed by atoms with van der Waals surface area (Å²) in [7, 11) is -5.17. The van der Waals surface area contributed by atoms with Crippen molar-refractivity contribution in [2.24, 2.45) is 0 Å². The van der Waals surface area contributed by atoms with Crippen molar-refractivity contribution in [3.63, 3.8) is 0 Å². The second kappa shape index (κ2) is 6.15. The third-order valence-corrected chi connectivity index (χ3v) is 7.99. The quantitative estimate of drug-likeness (QED) is 0.621. The lowest BCUT2D eigenvalue weighted by Crippen LogP contribution is -2.41. The van der Waals surface area contributed by atoms with Gasteiger partial charge in [-0.2, -0.15) is 17.2 Å². The van der Waals surface area contributed by atoms with Crippen LogP contribution in [-0.2, 0) is 14.6 Å². The number of alkyl halides is 3. The summed E-state index contributed by atoms with van der Waals surface area (Å²) in [6.07, 6.45) is 0. The van der Waals surface area contributed by atoms with Crippen LogP contribution in [0, 0.1) is 0 Å². The lowest BCUT2D eigenvalue weighted by Gasteiger charge is -2.29. The smallest absolute Gasteiger partial charge is 0.296 e. The summed E-state index contributed by atoms with van der Waals surface area (Å²) in [5.74, 6) is 0. The van der Waals surface area contributed by atoms with Crippen LogP contribution in [0.5, 0.6) is 0 Å². The standard InChI is InChI=1S/C13H10BF3NO3PS/c14-18(23(20,21)13(15,16)17)22(19,11-7-3-1-4-8-11)12-9-5-2-6-10-12/h1-10H. The Morgan fingerprint density at radius 3 is 1.52 bits per heavy atom. The monoisotopic (exact) mass is 359 g/mol. The van der Waals surface area contributed by atoms with Crippen molar-refractivity contribution in [2.45, 2.75) is 5.51 Å². The molecule has 10 heteroatoms. The van der Waals surface area contributed by atoms with Gasteiger partial charge in [-0.25, -0.2) is 8.42 Å². The van der Waals surface area contributed by atoms with E-state index in [0.717, 1.165) is 0 Å². The molecule has 4 nitrogen and oxygen atoms in total.